The molecule has 0 amide bonds. The van der Waals surface area contributed by atoms with Gasteiger partial charge in [-0.1, -0.05) is 6.07 Å². The van der Waals surface area contributed by atoms with Crippen LogP contribution in [0.3, 0.4) is 0 Å². The molecule has 0 saturated heterocycles. The molecule has 0 aliphatic rings. The molecular formula is C20H17N5O. The van der Waals surface area contributed by atoms with Crippen molar-refractivity contribution in [2.45, 2.75) is 13.5 Å². The molecule has 0 radical (unpaired) electrons. The second-order valence-electron chi connectivity index (χ2n) is 6.01. The van der Waals surface area contributed by atoms with Crippen molar-refractivity contribution in [3.63, 3.8) is 0 Å². The normalized spacial score (nSPS) is 10.8. The minimum atomic E-state index is -0.0228. The molecule has 6 heteroatoms. The molecular weight excluding hydrogens is 326 g/mol. The number of aliphatic hydroxyl groups excluding tert-OH is 1. The monoisotopic (exact) mass is 343 g/mol. The zero-order chi connectivity index (χ0) is 17.9. The van der Waals surface area contributed by atoms with Crippen molar-refractivity contribution in [2.75, 3.05) is 5.32 Å². The predicted molar refractivity (Wildman–Crippen MR) is 101 cm³/mol. The van der Waals surface area contributed by atoms with Crippen molar-refractivity contribution >= 4 is 22.4 Å². The second-order valence-corrected chi connectivity index (χ2v) is 6.01. The van der Waals surface area contributed by atoms with Crippen LogP contribution in [-0.2, 0) is 6.61 Å². The number of aromatic nitrogens is 4. The molecule has 4 aromatic heterocycles. The first kappa shape index (κ1) is 16.1. The van der Waals surface area contributed by atoms with Crippen LogP contribution in [-0.4, -0.2) is 25.0 Å². The van der Waals surface area contributed by atoms with E-state index < -0.39 is 0 Å². The molecule has 0 aromatic carbocycles. The summed E-state index contributed by atoms with van der Waals surface area (Å²) in [6, 6.07) is 9.61. The maximum atomic E-state index is 9.09. The third-order valence-electron chi connectivity index (χ3n) is 4.18. The Kier molecular flexibility index (Phi) is 4.25. The molecule has 4 rings (SSSR count). The first-order valence-corrected chi connectivity index (χ1v) is 8.22. The maximum Gasteiger partial charge on any atom is 0.132 e. The highest BCUT2D eigenvalue weighted by Crippen LogP contribution is 2.25. The Balaban J connectivity index is 1.68. The van der Waals surface area contributed by atoms with E-state index in [1.54, 1.807) is 18.6 Å². The topological polar surface area (TPSA) is 83.8 Å². The number of aryl methyl sites for hydroxylation is 1. The van der Waals surface area contributed by atoms with Crippen molar-refractivity contribution < 1.29 is 5.11 Å². The van der Waals surface area contributed by atoms with Crippen LogP contribution in [0.4, 0.5) is 11.6 Å². The van der Waals surface area contributed by atoms with Crippen LogP contribution >= 0.6 is 0 Å². The molecule has 2 N–H and O–H groups in total. The van der Waals surface area contributed by atoms with E-state index in [0.29, 0.717) is 11.6 Å². The molecule has 26 heavy (non-hydrogen) atoms. The van der Waals surface area contributed by atoms with Gasteiger partial charge in [0.05, 0.1) is 12.3 Å². The Labute approximate surface area is 150 Å². The summed E-state index contributed by atoms with van der Waals surface area (Å²) in [5.41, 5.74) is 3.80. The zero-order valence-electron chi connectivity index (χ0n) is 14.2. The smallest absolute Gasteiger partial charge is 0.132 e. The van der Waals surface area contributed by atoms with Gasteiger partial charge in [-0.15, -0.1) is 0 Å². The van der Waals surface area contributed by atoms with Crippen LogP contribution in [0.2, 0.25) is 0 Å². The summed E-state index contributed by atoms with van der Waals surface area (Å²) >= 11 is 0. The fourth-order valence-electron chi connectivity index (χ4n) is 2.71. The number of aliphatic hydroxyl groups is 1. The standard InChI is InChI=1S/C20H17N5O/c1-13-4-5-21-11-17(13)18-6-15-7-20(24-10-16(15)9-22-18)25-19-3-2-14(12-26)8-23-19/h2-11,26H,12H2,1H3,(H,23,24,25). The summed E-state index contributed by atoms with van der Waals surface area (Å²) in [6.45, 7) is 2.02. The summed E-state index contributed by atoms with van der Waals surface area (Å²) in [7, 11) is 0. The number of hydrogen-bond acceptors (Lipinski definition) is 6. The van der Waals surface area contributed by atoms with E-state index in [1.807, 2.05) is 49.6 Å². The summed E-state index contributed by atoms with van der Waals surface area (Å²) in [4.78, 5) is 17.4. The van der Waals surface area contributed by atoms with Gasteiger partial charge < -0.3 is 10.4 Å². The molecule has 4 heterocycles. The number of nitrogens with zero attached hydrogens (tertiary/aromatic N) is 4. The number of fused-ring (bicyclic) bond motifs is 1. The van der Waals surface area contributed by atoms with Crippen molar-refractivity contribution in [1.82, 2.24) is 19.9 Å². The lowest BCUT2D eigenvalue weighted by Gasteiger charge is -2.08. The molecule has 0 aliphatic heterocycles. The average molecular weight is 343 g/mol. The Morgan fingerprint density at radius 3 is 2.50 bits per heavy atom. The summed E-state index contributed by atoms with van der Waals surface area (Å²) in [6.07, 6.45) is 8.85. The number of nitrogens with one attached hydrogen (secondary N) is 1. The lowest BCUT2D eigenvalue weighted by Crippen LogP contribution is -1.97. The lowest BCUT2D eigenvalue weighted by atomic mass is 10.1. The van der Waals surface area contributed by atoms with E-state index in [1.165, 1.54) is 0 Å². The van der Waals surface area contributed by atoms with Crippen molar-refractivity contribution in [3.8, 4) is 11.3 Å². The second kappa shape index (κ2) is 6.85. The fourth-order valence-corrected chi connectivity index (χ4v) is 2.71. The first-order valence-electron chi connectivity index (χ1n) is 8.22. The van der Waals surface area contributed by atoms with Gasteiger partial charge in [-0.05, 0) is 47.7 Å². The third-order valence-corrected chi connectivity index (χ3v) is 4.18. The number of pyridine rings is 4. The largest absolute Gasteiger partial charge is 0.392 e. The Bertz CT molecular complexity index is 1060. The van der Waals surface area contributed by atoms with Crippen molar-refractivity contribution in [1.29, 1.82) is 0 Å². The highest BCUT2D eigenvalue weighted by Gasteiger charge is 2.06. The molecule has 128 valence electrons. The van der Waals surface area contributed by atoms with E-state index in [4.69, 9.17) is 5.11 Å². The molecule has 0 unspecified atom stereocenters. The molecule has 4 aromatic rings. The van der Waals surface area contributed by atoms with E-state index in [2.05, 4.69) is 25.3 Å². The van der Waals surface area contributed by atoms with Gasteiger partial charge in [-0.3, -0.25) is 9.97 Å². The Morgan fingerprint density at radius 2 is 1.73 bits per heavy atom. The van der Waals surface area contributed by atoms with Crippen LogP contribution in [0, 0.1) is 6.92 Å². The van der Waals surface area contributed by atoms with Gasteiger partial charge in [0.15, 0.2) is 0 Å². The molecule has 0 aliphatic carbocycles. The molecule has 6 nitrogen and oxygen atoms in total. The summed E-state index contributed by atoms with van der Waals surface area (Å²) in [5, 5.41) is 14.3. The van der Waals surface area contributed by atoms with Gasteiger partial charge in [-0.25, -0.2) is 9.97 Å². The van der Waals surface area contributed by atoms with Gasteiger partial charge in [0.1, 0.15) is 11.6 Å². The van der Waals surface area contributed by atoms with Gasteiger partial charge in [0.2, 0.25) is 0 Å². The van der Waals surface area contributed by atoms with E-state index >= 15 is 0 Å². The molecule has 0 saturated carbocycles. The van der Waals surface area contributed by atoms with Gasteiger partial charge >= 0.3 is 0 Å². The van der Waals surface area contributed by atoms with Crippen molar-refractivity contribution in [2.24, 2.45) is 0 Å². The van der Waals surface area contributed by atoms with E-state index in [-0.39, 0.29) is 6.61 Å². The molecule has 0 atom stereocenters. The van der Waals surface area contributed by atoms with Crippen molar-refractivity contribution in [3.05, 3.63) is 72.4 Å². The highest BCUT2D eigenvalue weighted by molar-refractivity contribution is 5.87. The lowest BCUT2D eigenvalue weighted by molar-refractivity contribution is 0.281. The van der Waals surface area contributed by atoms with E-state index in [0.717, 1.165) is 33.2 Å². The summed E-state index contributed by atoms with van der Waals surface area (Å²) < 4.78 is 0. The highest BCUT2D eigenvalue weighted by atomic mass is 16.3. The van der Waals surface area contributed by atoms with Crippen LogP contribution in [0.25, 0.3) is 22.0 Å². The molecule has 0 bridgehead atoms. The zero-order valence-corrected chi connectivity index (χ0v) is 14.2. The van der Waals surface area contributed by atoms with Gasteiger partial charge in [0.25, 0.3) is 0 Å². The first-order chi connectivity index (χ1) is 12.7. The average Bonchev–Trinajstić information content (AvgIpc) is 2.68. The Hall–Kier alpha value is -3.38. The quantitative estimate of drug-likeness (QED) is 0.589. The van der Waals surface area contributed by atoms with Crippen LogP contribution in [0.5, 0.6) is 0 Å². The maximum absolute atomic E-state index is 9.09. The molecule has 0 spiro atoms. The predicted octanol–water partition coefficient (Wildman–Crippen LogP) is 3.63. The SMILES string of the molecule is Cc1ccncc1-c1cc2cc(Nc3ccc(CO)cn3)ncc2cn1. The number of anilines is 2. The number of rotatable bonds is 4. The molecule has 0 fully saturated rings. The Morgan fingerprint density at radius 1 is 0.885 bits per heavy atom. The number of hydrogen-bond donors (Lipinski definition) is 2. The van der Waals surface area contributed by atoms with Crippen LogP contribution < -0.4 is 5.32 Å². The minimum absolute atomic E-state index is 0.0228. The van der Waals surface area contributed by atoms with Crippen LogP contribution in [0.15, 0.2) is 61.3 Å². The third kappa shape index (κ3) is 3.22. The van der Waals surface area contributed by atoms with Gasteiger partial charge in [-0.2, -0.15) is 0 Å². The summed E-state index contributed by atoms with van der Waals surface area (Å²) in [5.74, 6) is 1.37. The fraction of sp³-hybridized carbons (Fsp3) is 0.100. The van der Waals surface area contributed by atoms with E-state index in [9.17, 15) is 0 Å². The van der Waals surface area contributed by atoms with Gasteiger partial charge in [0, 0.05) is 41.9 Å². The minimum Gasteiger partial charge on any atom is -0.392 e. The van der Waals surface area contributed by atoms with Crippen LogP contribution in [0.1, 0.15) is 11.1 Å².